The molecule has 40 heavy (non-hydrogen) atoms. The number of nitrogens with zero attached hydrogens (tertiary/aromatic N) is 3. The lowest BCUT2D eigenvalue weighted by atomic mass is 10.0. The molecule has 1 unspecified atom stereocenters. The van der Waals surface area contributed by atoms with Crippen LogP contribution in [0.2, 0.25) is 0 Å². The van der Waals surface area contributed by atoms with Crippen molar-refractivity contribution in [3.63, 3.8) is 0 Å². The molecule has 1 atom stereocenters. The van der Waals surface area contributed by atoms with Crippen LogP contribution >= 0.6 is 11.8 Å². The summed E-state index contributed by atoms with van der Waals surface area (Å²) in [6, 6.07) is 24.3. The molecule has 2 N–H and O–H groups in total. The Morgan fingerprint density at radius 2 is 1.68 bits per heavy atom. The number of benzene rings is 3. The molecule has 0 saturated carbocycles. The molecule has 3 aromatic rings. The third-order valence-electron chi connectivity index (χ3n) is 6.72. The lowest BCUT2D eigenvalue weighted by Crippen LogP contribution is -2.41. The van der Waals surface area contributed by atoms with Crippen molar-refractivity contribution in [2.45, 2.75) is 45.2 Å². The average Bonchev–Trinajstić information content (AvgIpc) is 3.31. The number of hydrogen-bond donors (Lipinski definition) is 2. The largest absolute Gasteiger partial charge is 0.352 e. The van der Waals surface area contributed by atoms with Crippen LogP contribution in [0.15, 0.2) is 88.8 Å². The fourth-order valence-electron chi connectivity index (χ4n) is 4.52. The number of amides is 3. The normalized spacial score (nSPS) is 15.7. The van der Waals surface area contributed by atoms with Crippen molar-refractivity contribution in [1.82, 2.24) is 10.2 Å². The van der Waals surface area contributed by atoms with E-state index in [0.29, 0.717) is 29.2 Å². The smallest absolute Gasteiger partial charge is 0.259 e. The van der Waals surface area contributed by atoms with E-state index in [1.807, 2.05) is 78.9 Å². The van der Waals surface area contributed by atoms with Crippen LogP contribution in [0.4, 0.5) is 11.4 Å². The van der Waals surface area contributed by atoms with Gasteiger partial charge in [0.15, 0.2) is 5.17 Å². The summed E-state index contributed by atoms with van der Waals surface area (Å²) in [5.74, 6) is 0.433. The summed E-state index contributed by atoms with van der Waals surface area (Å²) >= 11 is 1.19. The highest BCUT2D eigenvalue weighted by atomic mass is 32.2. The standard InChI is InChI=1S/C31H31N5O3S/c1-20(2)22-12-14-23(15-13-22)33-28(38)19-40-31-35-25-11-7-6-10-24(25)29-34-26(30(39)36(29)31)16-17-27(37)32-18-21-8-4-3-5-9-21/h3-15,20,26H,16-19H2,1-2H3,(H,32,37)(H,33,38). The number of amidine groups is 2. The van der Waals surface area contributed by atoms with Crippen molar-refractivity contribution in [1.29, 1.82) is 0 Å². The molecular weight excluding hydrogens is 522 g/mol. The first-order valence-corrected chi connectivity index (χ1v) is 14.3. The Bertz CT molecular complexity index is 1470. The van der Waals surface area contributed by atoms with Crippen molar-refractivity contribution in [2.75, 3.05) is 11.1 Å². The number of fused-ring (bicyclic) bond motifs is 3. The maximum absolute atomic E-state index is 13.5. The van der Waals surface area contributed by atoms with Gasteiger partial charge >= 0.3 is 0 Å². The van der Waals surface area contributed by atoms with Gasteiger partial charge in [-0.2, -0.15) is 0 Å². The Balaban J connectivity index is 1.22. The van der Waals surface area contributed by atoms with Crippen LogP contribution in [0.1, 0.15) is 49.3 Å². The molecule has 0 radical (unpaired) electrons. The topological polar surface area (TPSA) is 103 Å². The van der Waals surface area contributed by atoms with Gasteiger partial charge in [0, 0.05) is 24.2 Å². The number of thioether (sulfide) groups is 1. The third kappa shape index (κ3) is 6.31. The van der Waals surface area contributed by atoms with E-state index in [4.69, 9.17) is 4.99 Å². The van der Waals surface area contributed by atoms with E-state index in [-0.39, 0.29) is 36.3 Å². The van der Waals surface area contributed by atoms with Gasteiger partial charge in [-0.15, -0.1) is 0 Å². The number of nitrogens with one attached hydrogen (secondary N) is 2. The van der Waals surface area contributed by atoms with E-state index in [2.05, 4.69) is 29.5 Å². The van der Waals surface area contributed by atoms with Gasteiger partial charge in [-0.1, -0.05) is 80.2 Å². The van der Waals surface area contributed by atoms with Crippen molar-refractivity contribution >= 4 is 51.9 Å². The SMILES string of the molecule is CC(C)c1ccc(NC(=O)CSC2=Nc3ccccc3C3=NC(CCC(=O)NCc4ccccc4)C(=O)N23)cc1. The molecule has 0 saturated heterocycles. The maximum atomic E-state index is 13.5. The van der Waals surface area contributed by atoms with E-state index < -0.39 is 6.04 Å². The summed E-state index contributed by atoms with van der Waals surface area (Å²) in [7, 11) is 0. The summed E-state index contributed by atoms with van der Waals surface area (Å²) in [5.41, 5.74) is 4.38. The Morgan fingerprint density at radius 1 is 0.950 bits per heavy atom. The number of anilines is 1. The minimum absolute atomic E-state index is 0.0799. The second-order valence-electron chi connectivity index (χ2n) is 9.97. The van der Waals surface area contributed by atoms with Crippen LogP contribution in [-0.2, 0) is 20.9 Å². The molecule has 0 spiro atoms. The first-order valence-electron chi connectivity index (χ1n) is 13.3. The van der Waals surface area contributed by atoms with E-state index in [9.17, 15) is 14.4 Å². The van der Waals surface area contributed by atoms with Crippen LogP contribution in [0.3, 0.4) is 0 Å². The molecule has 2 aliphatic rings. The van der Waals surface area contributed by atoms with Gasteiger partial charge in [0.25, 0.3) is 5.91 Å². The van der Waals surface area contributed by atoms with E-state index in [0.717, 1.165) is 16.8 Å². The van der Waals surface area contributed by atoms with Gasteiger partial charge in [-0.25, -0.2) is 9.89 Å². The minimum Gasteiger partial charge on any atom is -0.352 e. The van der Waals surface area contributed by atoms with E-state index >= 15 is 0 Å². The summed E-state index contributed by atoms with van der Waals surface area (Å²) < 4.78 is 0. The zero-order chi connectivity index (χ0) is 28.1. The van der Waals surface area contributed by atoms with Gasteiger partial charge in [-0.3, -0.25) is 19.4 Å². The van der Waals surface area contributed by atoms with Gasteiger partial charge in [-0.05, 0) is 47.7 Å². The van der Waals surface area contributed by atoms with E-state index in [1.54, 1.807) is 0 Å². The van der Waals surface area contributed by atoms with Crippen LogP contribution in [0.25, 0.3) is 0 Å². The molecule has 0 aliphatic carbocycles. The van der Waals surface area contributed by atoms with Gasteiger partial charge in [0.05, 0.1) is 11.4 Å². The molecule has 204 valence electrons. The molecule has 2 aliphatic heterocycles. The predicted molar refractivity (Wildman–Crippen MR) is 160 cm³/mol. The first kappa shape index (κ1) is 27.3. The van der Waals surface area contributed by atoms with Crippen LogP contribution in [-0.4, -0.2) is 45.4 Å². The number of hydrogen-bond acceptors (Lipinski definition) is 6. The van der Waals surface area contributed by atoms with Gasteiger partial charge in [0.2, 0.25) is 11.8 Å². The number of aliphatic imine (C=N–C) groups is 2. The Morgan fingerprint density at radius 3 is 2.42 bits per heavy atom. The molecule has 3 aromatic carbocycles. The predicted octanol–water partition coefficient (Wildman–Crippen LogP) is 5.24. The first-order chi connectivity index (χ1) is 19.4. The molecule has 0 fully saturated rings. The summed E-state index contributed by atoms with van der Waals surface area (Å²) in [5, 5.41) is 6.22. The fraction of sp³-hybridized carbons (Fsp3) is 0.258. The minimum atomic E-state index is -0.692. The number of rotatable bonds is 9. The zero-order valence-corrected chi connectivity index (χ0v) is 23.3. The number of carbonyl (C=O) groups is 3. The highest BCUT2D eigenvalue weighted by molar-refractivity contribution is 8.14. The summed E-state index contributed by atoms with van der Waals surface area (Å²) in [6.07, 6.45) is 0.458. The monoisotopic (exact) mass is 553 g/mol. The highest BCUT2D eigenvalue weighted by Crippen LogP contribution is 2.34. The van der Waals surface area contributed by atoms with Crippen molar-refractivity contribution in [3.8, 4) is 0 Å². The molecule has 9 heteroatoms. The third-order valence-corrected chi connectivity index (χ3v) is 7.66. The molecule has 2 heterocycles. The summed E-state index contributed by atoms with van der Waals surface area (Å²) in [6.45, 7) is 4.68. The van der Waals surface area contributed by atoms with E-state index in [1.165, 1.54) is 22.2 Å². The molecular formula is C31H31N5O3S. The van der Waals surface area contributed by atoms with Crippen LogP contribution < -0.4 is 10.6 Å². The lowest BCUT2D eigenvalue weighted by molar-refractivity contribution is -0.125. The zero-order valence-electron chi connectivity index (χ0n) is 22.5. The Hall–Kier alpha value is -4.24. The molecule has 8 nitrogen and oxygen atoms in total. The molecule has 0 aromatic heterocycles. The Kier molecular flexibility index (Phi) is 8.40. The molecule has 0 bridgehead atoms. The fourth-order valence-corrected chi connectivity index (χ4v) is 5.32. The van der Waals surface area contributed by atoms with Gasteiger partial charge in [0.1, 0.15) is 11.9 Å². The number of carbonyl (C=O) groups excluding carboxylic acids is 3. The second kappa shape index (κ2) is 12.3. The number of para-hydroxylation sites is 1. The lowest BCUT2D eigenvalue weighted by Gasteiger charge is -2.25. The quantitative estimate of drug-likeness (QED) is 0.378. The van der Waals surface area contributed by atoms with Crippen LogP contribution in [0.5, 0.6) is 0 Å². The maximum Gasteiger partial charge on any atom is 0.259 e. The second-order valence-corrected chi connectivity index (χ2v) is 10.9. The van der Waals surface area contributed by atoms with Gasteiger partial charge < -0.3 is 10.6 Å². The average molecular weight is 554 g/mol. The molecule has 3 amide bonds. The Labute approximate surface area is 238 Å². The van der Waals surface area contributed by atoms with Crippen molar-refractivity contribution < 1.29 is 14.4 Å². The highest BCUT2D eigenvalue weighted by Gasteiger charge is 2.41. The molecule has 5 rings (SSSR count). The van der Waals surface area contributed by atoms with Crippen molar-refractivity contribution in [2.24, 2.45) is 9.98 Å². The van der Waals surface area contributed by atoms with Crippen molar-refractivity contribution in [3.05, 3.63) is 95.6 Å². The summed E-state index contributed by atoms with van der Waals surface area (Å²) in [4.78, 5) is 49.6. The van der Waals surface area contributed by atoms with Crippen LogP contribution in [0, 0.1) is 0 Å².